The van der Waals surface area contributed by atoms with Crippen LogP contribution in [-0.4, -0.2) is 4.98 Å². The Balaban J connectivity index is 1.97. The SMILES string of the molecule is Cc1ccnc(N)c1-c1ccc(C2CCC2)cc1. The number of aromatic nitrogens is 1. The zero-order valence-electron chi connectivity index (χ0n) is 10.7. The standard InChI is InChI=1S/C16H18N2/c1-11-9-10-18-16(17)15(11)14-7-5-13(6-8-14)12-3-2-4-12/h5-10,12H,2-4H2,1H3,(H2,17,18). The largest absolute Gasteiger partial charge is 0.383 e. The van der Waals surface area contributed by atoms with Crippen molar-refractivity contribution in [2.75, 3.05) is 5.73 Å². The quantitative estimate of drug-likeness (QED) is 0.861. The van der Waals surface area contributed by atoms with E-state index >= 15 is 0 Å². The van der Waals surface area contributed by atoms with Crippen LogP contribution in [0.3, 0.4) is 0 Å². The molecule has 1 aliphatic rings. The maximum Gasteiger partial charge on any atom is 0.131 e. The number of hydrogen-bond donors (Lipinski definition) is 1. The lowest BCUT2D eigenvalue weighted by molar-refractivity contribution is 0.420. The highest BCUT2D eigenvalue weighted by Gasteiger charge is 2.19. The van der Waals surface area contributed by atoms with E-state index in [0.717, 1.165) is 11.5 Å². The molecule has 18 heavy (non-hydrogen) atoms. The summed E-state index contributed by atoms with van der Waals surface area (Å²) in [6.45, 7) is 2.08. The molecule has 0 unspecified atom stereocenters. The van der Waals surface area contributed by atoms with Gasteiger partial charge in [0.05, 0.1) is 0 Å². The molecule has 2 heteroatoms. The molecule has 0 bridgehead atoms. The molecule has 0 radical (unpaired) electrons. The molecule has 1 aromatic carbocycles. The molecule has 2 nitrogen and oxygen atoms in total. The first kappa shape index (κ1) is 11.3. The van der Waals surface area contributed by atoms with Crippen LogP contribution >= 0.6 is 0 Å². The second-order valence-corrected chi connectivity index (χ2v) is 5.14. The maximum atomic E-state index is 5.98. The van der Waals surface area contributed by atoms with E-state index in [4.69, 9.17) is 5.73 Å². The van der Waals surface area contributed by atoms with E-state index in [9.17, 15) is 0 Å². The highest BCUT2D eigenvalue weighted by molar-refractivity contribution is 5.76. The van der Waals surface area contributed by atoms with Gasteiger partial charge in [-0.25, -0.2) is 4.98 Å². The molecule has 0 atom stereocenters. The lowest BCUT2D eigenvalue weighted by Crippen LogP contribution is -2.08. The minimum Gasteiger partial charge on any atom is -0.383 e. The van der Waals surface area contributed by atoms with Crippen molar-refractivity contribution in [3.05, 3.63) is 47.7 Å². The van der Waals surface area contributed by atoms with Crippen molar-refractivity contribution < 1.29 is 0 Å². The van der Waals surface area contributed by atoms with Crippen molar-refractivity contribution in [1.29, 1.82) is 0 Å². The van der Waals surface area contributed by atoms with Crippen molar-refractivity contribution in [3.63, 3.8) is 0 Å². The maximum absolute atomic E-state index is 5.98. The van der Waals surface area contributed by atoms with E-state index < -0.39 is 0 Å². The van der Waals surface area contributed by atoms with Crippen LogP contribution in [0.5, 0.6) is 0 Å². The number of nitrogen functional groups attached to an aromatic ring is 1. The molecule has 1 heterocycles. The van der Waals surface area contributed by atoms with Gasteiger partial charge in [0.1, 0.15) is 5.82 Å². The predicted molar refractivity (Wildman–Crippen MR) is 75.4 cm³/mol. The predicted octanol–water partition coefficient (Wildman–Crippen LogP) is 3.91. The van der Waals surface area contributed by atoms with Gasteiger partial charge >= 0.3 is 0 Å². The first-order valence-electron chi connectivity index (χ1n) is 6.57. The third-order valence-electron chi connectivity index (χ3n) is 3.96. The van der Waals surface area contributed by atoms with E-state index in [2.05, 4.69) is 36.2 Å². The fourth-order valence-electron chi connectivity index (χ4n) is 2.62. The second-order valence-electron chi connectivity index (χ2n) is 5.14. The molecular formula is C16H18N2. The molecule has 0 saturated heterocycles. The van der Waals surface area contributed by atoms with E-state index in [0.29, 0.717) is 5.82 Å². The molecule has 2 aromatic rings. The van der Waals surface area contributed by atoms with Gasteiger partial charge in [0, 0.05) is 11.8 Å². The van der Waals surface area contributed by atoms with Gasteiger partial charge in [-0.2, -0.15) is 0 Å². The fourth-order valence-corrected chi connectivity index (χ4v) is 2.62. The molecule has 1 saturated carbocycles. The van der Waals surface area contributed by atoms with Crippen molar-refractivity contribution in [2.45, 2.75) is 32.1 Å². The Morgan fingerprint density at radius 1 is 1.11 bits per heavy atom. The Morgan fingerprint density at radius 3 is 2.39 bits per heavy atom. The summed E-state index contributed by atoms with van der Waals surface area (Å²) in [5, 5.41) is 0. The summed E-state index contributed by atoms with van der Waals surface area (Å²) in [6.07, 6.45) is 5.82. The summed E-state index contributed by atoms with van der Waals surface area (Å²) >= 11 is 0. The molecule has 92 valence electrons. The first-order valence-corrected chi connectivity index (χ1v) is 6.57. The van der Waals surface area contributed by atoms with Crippen LogP contribution in [0.4, 0.5) is 5.82 Å². The summed E-state index contributed by atoms with van der Waals surface area (Å²) in [5.74, 6) is 1.40. The lowest BCUT2D eigenvalue weighted by Gasteiger charge is -2.25. The number of rotatable bonds is 2. The third kappa shape index (κ3) is 1.88. The van der Waals surface area contributed by atoms with Gasteiger partial charge in [0.25, 0.3) is 0 Å². The van der Waals surface area contributed by atoms with Gasteiger partial charge in [-0.3, -0.25) is 0 Å². The molecular weight excluding hydrogens is 220 g/mol. The lowest BCUT2D eigenvalue weighted by atomic mass is 9.80. The number of benzene rings is 1. The summed E-state index contributed by atoms with van der Waals surface area (Å²) in [6, 6.07) is 10.8. The molecule has 1 fully saturated rings. The molecule has 1 aromatic heterocycles. The van der Waals surface area contributed by atoms with Crippen molar-refractivity contribution in [2.24, 2.45) is 0 Å². The van der Waals surface area contributed by atoms with Crippen LogP contribution < -0.4 is 5.73 Å². The minimum atomic E-state index is 0.617. The van der Waals surface area contributed by atoms with Gasteiger partial charge in [0.15, 0.2) is 0 Å². The zero-order chi connectivity index (χ0) is 12.5. The number of aryl methyl sites for hydroxylation is 1. The molecule has 2 N–H and O–H groups in total. The van der Waals surface area contributed by atoms with E-state index in [-0.39, 0.29) is 0 Å². The van der Waals surface area contributed by atoms with Gasteiger partial charge in [-0.05, 0) is 48.4 Å². The second kappa shape index (κ2) is 4.45. The Labute approximate surface area is 108 Å². The van der Waals surface area contributed by atoms with Crippen LogP contribution in [-0.2, 0) is 0 Å². The zero-order valence-corrected chi connectivity index (χ0v) is 10.7. The van der Waals surface area contributed by atoms with Gasteiger partial charge in [-0.1, -0.05) is 30.7 Å². The molecule has 3 rings (SSSR count). The number of anilines is 1. The van der Waals surface area contributed by atoms with E-state index in [1.807, 2.05) is 6.07 Å². The van der Waals surface area contributed by atoms with Crippen molar-refractivity contribution in [1.82, 2.24) is 4.98 Å². The van der Waals surface area contributed by atoms with Crippen LogP contribution in [0.25, 0.3) is 11.1 Å². The summed E-state index contributed by atoms with van der Waals surface area (Å²) < 4.78 is 0. The van der Waals surface area contributed by atoms with E-state index in [1.165, 1.54) is 36.0 Å². The van der Waals surface area contributed by atoms with Crippen LogP contribution in [0.2, 0.25) is 0 Å². The van der Waals surface area contributed by atoms with Crippen molar-refractivity contribution >= 4 is 5.82 Å². The molecule has 0 amide bonds. The Kier molecular flexibility index (Phi) is 2.78. The highest BCUT2D eigenvalue weighted by atomic mass is 14.8. The van der Waals surface area contributed by atoms with Gasteiger partial charge in [-0.15, -0.1) is 0 Å². The minimum absolute atomic E-state index is 0.617. The smallest absolute Gasteiger partial charge is 0.131 e. The molecule has 0 spiro atoms. The Morgan fingerprint density at radius 2 is 1.83 bits per heavy atom. The summed E-state index contributed by atoms with van der Waals surface area (Å²) in [7, 11) is 0. The van der Waals surface area contributed by atoms with Gasteiger partial charge < -0.3 is 5.73 Å². The van der Waals surface area contributed by atoms with Crippen LogP contribution in [0, 0.1) is 6.92 Å². The number of hydrogen-bond acceptors (Lipinski definition) is 2. The highest BCUT2D eigenvalue weighted by Crippen LogP contribution is 2.37. The molecule has 1 aliphatic carbocycles. The topological polar surface area (TPSA) is 38.9 Å². The average molecular weight is 238 g/mol. The summed E-state index contributed by atoms with van der Waals surface area (Å²) in [5.41, 5.74) is 10.9. The number of pyridine rings is 1. The van der Waals surface area contributed by atoms with Gasteiger partial charge in [0.2, 0.25) is 0 Å². The Bertz CT molecular complexity index is 534. The summed E-state index contributed by atoms with van der Waals surface area (Å²) in [4.78, 5) is 4.18. The number of nitrogens with zero attached hydrogens (tertiary/aromatic N) is 1. The fraction of sp³-hybridized carbons (Fsp3) is 0.312. The molecule has 0 aliphatic heterocycles. The monoisotopic (exact) mass is 238 g/mol. The third-order valence-corrected chi connectivity index (χ3v) is 3.96. The van der Waals surface area contributed by atoms with Crippen molar-refractivity contribution in [3.8, 4) is 11.1 Å². The van der Waals surface area contributed by atoms with Crippen LogP contribution in [0.1, 0.15) is 36.3 Å². The van der Waals surface area contributed by atoms with Crippen LogP contribution in [0.15, 0.2) is 36.5 Å². The first-order chi connectivity index (χ1) is 8.75. The van der Waals surface area contributed by atoms with E-state index in [1.54, 1.807) is 6.20 Å². The normalized spacial score (nSPS) is 15.4. The number of nitrogens with two attached hydrogens (primary N) is 1. The Hall–Kier alpha value is -1.83. The average Bonchev–Trinajstić information content (AvgIpc) is 2.29.